The van der Waals surface area contributed by atoms with Gasteiger partial charge in [-0.05, 0) is 48.2 Å². The highest BCUT2D eigenvalue weighted by molar-refractivity contribution is 5.94. The van der Waals surface area contributed by atoms with Crippen LogP contribution in [0.3, 0.4) is 0 Å². The van der Waals surface area contributed by atoms with Gasteiger partial charge in [0.05, 0.1) is 5.56 Å². The Bertz CT molecular complexity index is 785. The number of carboxylic acid groups (broad SMARTS) is 1. The van der Waals surface area contributed by atoms with Crippen LogP contribution < -0.4 is 10.6 Å². The van der Waals surface area contributed by atoms with E-state index in [1.807, 2.05) is 6.07 Å². The summed E-state index contributed by atoms with van der Waals surface area (Å²) in [5, 5.41) is 14.3. The van der Waals surface area contributed by atoms with Crippen LogP contribution in [0, 0.1) is 0 Å². The minimum atomic E-state index is -0.953. The Balaban J connectivity index is 1.75. The summed E-state index contributed by atoms with van der Waals surface area (Å²) in [4.78, 5) is 34.4. The van der Waals surface area contributed by atoms with Crippen LogP contribution in [-0.2, 0) is 17.6 Å². The predicted molar refractivity (Wildman–Crippen MR) is 98.3 cm³/mol. The predicted octanol–water partition coefficient (Wildman–Crippen LogP) is 2.04. The lowest BCUT2D eigenvalue weighted by Crippen LogP contribution is -2.26. The second-order valence-corrected chi connectivity index (χ2v) is 5.88. The van der Waals surface area contributed by atoms with Crippen LogP contribution in [0.15, 0.2) is 48.5 Å². The van der Waals surface area contributed by atoms with Gasteiger partial charge in [0.15, 0.2) is 0 Å². The molecule has 136 valence electrons. The highest BCUT2D eigenvalue weighted by Crippen LogP contribution is 2.08. The molecule has 0 aromatic heterocycles. The standard InChI is InChI=1S/C20H22N2O4/c1-21-19(24)17-4-2-3-15(13-17)7-10-18(23)22-12-11-14-5-8-16(9-6-14)20(25)26/h2-6,8-9,13H,7,10-12H2,1H3,(H,21,24)(H,22,23)(H,25,26). The maximum absolute atomic E-state index is 12.0. The molecule has 2 amide bonds. The quantitative estimate of drug-likeness (QED) is 0.676. The molecule has 0 aliphatic carbocycles. The van der Waals surface area contributed by atoms with E-state index in [0.717, 1.165) is 11.1 Å². The van der Waals surface area contributed by atoms with Gasteiger partial charge in [-0.25, -0.2) is 4.79 Å². The molecule has 0 saturated carbocycles. The molecule has 0 fully saturated rings. The Kier molecular flexibility index (Phi) is 6.91. The first-order valence-corrected chi connectivity index (χ1v) is 8.39. The summed E-state index contributed by atoms with van der Waals surface area (Å²) >= 11 is 0. The molecule has 0 aliphatic rings. The maximum Gasteiger partial charge on any atom is 0.335 e. The van der Waals surface area contributed by atoms with Gasteiger partial charge < -0.3 is 15.7 Å². The van der Waals surface area contributed by atoms with Gasteiger partial charge in [0.2, 0.25) is 5.91 Å². The number of aryl methyl sites for hydroxylation is 1. The fraction of sp³-hybridized carbons (Fsp3) is 0.250. The molecule has 2 aromatic carbocycles. The molecule has 0 spiro atoms. The Morgan fingerprint density at radius 2 is 1.65 bits per heavy atom. The van der Waals surface area contributed by atoms with Crippen molar-refractivity contribution in [1.82, 2.24) is 10.6 Å². The molecule has 0 saturated heterocycles. The zero-order valence-electron chi connectivity index (χ0n) is 14.6. The number of hydrogen-bond acceptors (Lipinski definition) is 3. The van der Waals surface area contributed by atoms with Crippen molar-refractivity contribution in [3.05, 3.63) is 70.8 Å². The normalized spacial score (nSPS) is 10.2. The molecule has 2 aromatic rings. The highest BCUT2D eigenvalue weighted by atomic mass is 16.4. The monoisotopic (exact) mass is 354 g/mol. The van der Waals surface area contributed by atoms with Crippen LogP contribution in [0.4, 0.5) is 0 Å². The van der Waals surface area contributed by atoms with Crippen LogP contribution in [0.1, 0.15) is 38.3 Å². The van der Waals surface area contributed by atoms with E-state index in [1.165, 1.54) is 0 Å². The summed E-state index contributed by atoms with van der Waals surface area (Å²) in [6.07, 6.45) is 1.54. The van der Waals surface area contributed by atoms with Gasteiger partial charge in [0, 0.05) is 25.6 Å². The van der Waals surface area contributed by atoms with Crippen molar-refractivity contribution < 1.29 is 19.5 Å². The van der Waals surface area contributed by atoms with Crippen molar-refractivity contribution in [2.45, 2.75) is 19.3 Å². The minimum absolute atomic E-state index is 0.0579. The fourth-order valence-electron chi connectivity index (χ4n) is 2.52. The highest BCUT2D eigenvalue weighted by Gasteiger charge is 2.06. The largest absolute Gasteiger partial charge is 0.478 e. The van der Waals surface area contributed by atoms with E-state index in [1.54, 1.807) is 49.5 Å². The van der Waals surface area contributed by atoms with Crippen LogP contribution in [0.5, 0.6) is 0 Å². The smallest absolute Gasteiger partial charge is 0.335 e. The topological polar surface area (TPSA) is 95.5 Å². The zero-order chi connectivity index (χ0) is 18.9. The molecule has 0 radical (unpaired) electrons. The zero-order valence-corrected chi connectivity index (χ0v) is 14.6. The van der Waals surface area contributed by atoms with Gasteiger partial charge in [0.1, 0.15) is 0 Å². The third kappa shape index (κ3) is 5.73. The number of benzene rings is 2. The number of hydrogen-bond donors (Lipinski definition) is 3. The van der Waals surface area contributed by atoms with Crippen molar-refractivity contribution in [2.24, 2.45) is 0 Å². The van der Waals surface area contributed by atoms with Crippen LogP contribution >= 0.6 is 0 Å². The Hall–Kier alpha value is -3.15. The maximum atomic E-state index is 12.0. The van der Waals surface area contributed by atoms with Gasteiger partial charge in [-0.1, -0.05) is 24.3 Å². The summed E-state index contributed by atoms with van der Waals surface area (Å²) in [5.74, 6) is -1.16. The molecule has 0 heterocycles. The summed E-state index contributed by atoms with van der Waals surface area (Å²) in [6, 6.07) is 13.8. The second kappa shape index (κ2) is 9.36. The van der Waals surface area contributed by atoms with Crippen LogP contribution in [0.2, 0.25) is 0 Å². The lowest BCUT2D eigenvalue weighted by Gasteiger charge is -2.07. The molecule has 0 aliphatic heterocycles. The van der Waals surface area contributed by atoms with Gasteiger partial charge in [-0.3, -0.25) is 9.59 Å². The Morgan fingerprint density at radius 3 is 2.31 bits per heavy atom. The fourth-order valence-corrected chi connectivity index (χ4v) is 2.52. The first kappa shape index (κ1) is 19.2. The summed E-state index contributed by atoms with van der Waals surface area (Å²) < 4.78 is 0. The average Bonchev–Trinajstić information content (AvgIpc) is 2.66. The number of carbonyl (C=O) groups is 3. The van der Waals surface area contributed by atoms with E-state index in [-0.39, 0.29) is 17.4 Å². The van der Waals surface area contributed by atoms with Gasteiger partial charge in [0.25, 0.3) is 5.91 Å². The van der Waals surface area contributed by atoms with Crippen LogP contribution in [-0.4, -0.2) is 36.5 Å². The van der Waals surface area contributed by atoms with E-state index in [2.05, 4.69) is 10.6 Å². The van der Waals surface area contributed by atoms with Crippen molar-refractivity contribution >= 4 is 17.8 Å². The lowest BCUT2D eigenvalue weighted by molar-refractivity contribution is -0.121. The molecular weight excluding hydrogens is 332 g/mol. The van der Waals surface area contributed by atoms with Crippen molar-refractivity contribution in [2.75, 3.05) is 13.6 Å². The Labute approximate surface area is 152 Å². The van der Waals surface area contributed by atoms with E-state index in [0.29, 0.717) is 31.4 Å². The number of carboxylic acids is 1. The minimum Gasteiger partial charge on any atom is -0.478 e. The van der Waals surface area contributed by atoms with Crippen molar-refractivity contribution in [3.63, 3.8) is 0 Å². The second-order valence-electron chi connectivity index (χ2n) is 5.88. The van der Waals surface area contributed by atoms with Gasteiger partial charge in [-0.2, -0.15) is 0 Å². The van der Waals surface area contributed by atoms with Crippen molar-refractivity contribution in [3.8, 4) is 0 Å². The molecule has 6 heteroatoms. The van der Waals surface area contributed by atoms with E-state index in [4.69, 9.17) is 5.11 Å². The Morgan fingerprint density at radius 1 is 0.923 bits per heavy atom. The molecule has 26 heavy (non-hydrogen) atoms. The summed E-state index contributed by atoms with van der Waals surface area (Å²) in [6.45, 7) is 0.490. The molecular formula is C20H22N2O4. The third-order valence-corrected chi connectivity index (χ3v) is 3.99. The number of rotatable bonds is 8. The number of nitrogens with one attached hydrogen (secondary N) is 2. The van der Waals surface area contributed by atoms with Crippen molar-refractivity contribution in [1.29, 1.82) is 0 Å². The summed E-state index contributed by atoms with van der Waals surface area (Å²) in [5.41, 5.74) is 2.73. The molecule has 0 unspecified atom stereocenters. The number of amides is 2. The molecule has 0 bridgehead atoms. The van der Waals surface area contributed by atoms with Gasteiger partial charge >= 0.3 is 5.97 Å². The van der Waals surface area contributed by atoms with E-state index in [9.17, 15) is 14.4 Å². The average molecular weight is 354 g/mol. The van der Waals surface area contributed by atoms with Gasteiger partial charge in [-0.15, -0.1) is 0 Å². The van der Waals surface area contributed by atoms with Crippen LogP contribution in [0.25, 0.3) is 0 Å². The molecule has 0 atom stereocenters. The number of aromatic carboxylic acids is 1. The summed E-state index contributed by atoms with van der Waals surface area (Å²) in [7, 11) is 1.58. The SMILES string of the molecule is CNC(=O)c1cccc(CCC(=O)NCCc2ccc(C(=O)O)cc2)c1. The lowest BCUT2D eigenvalue weighted by atomic mass is 10.1. The molecule has 2 rings (SSSR count). The third-order valence-electron chi connectivity index (χ3n) is 3.99. The van der Waals surface area contributed by atoms with E-state index >= 15 is 0 Å². The van der Waals surface area contributed by atoms with E-state index < -0.39 is 5.97 Å². The first-order chi connectivity index (χ1) is 12.5. The first-order valence-electron chi connectivity index (χ1n) is 8.39. The molecule has 3 N–H and O–H groups in total. The molecule has 6 nitrogen and oxygen atoms in total. The number of carbonyl (C=O) groups excluding carboxylic acids is 2.